The van der Waals surface area contributed by atoms with Crippen LogP contribution in [0.1, 0.15) is 6.42 Å². The van der Waals surface area contributed by atoms with Gasteiger partial charge in [-0.15, -0.1) is 11.6 Å². The lowest BCUT2D eigenvalue weighted by Crippen LogP contribution is -2.33. The Morgan fingerprint density at radius 1 is 1.27 bits per heavy atom. The second-order valence-electron chi connectivity index (χ2n) is 4.52. The third kappa shape index (κ3) is 2.58. The fourth-order valence-electron chi connectivity index (χ4n) is 2.03. The first kappa shape index (κ1) is 14.3. The van der Waals surface area contributed by atoms with E-state index in [2.05, 4.69) is 15.5 Å². The van der Waals surface area contributed by atoms with Crippen LogP contribution in [0.5, 0.6) is 0 Å². The standard InChI is InChI=1S/C14H12ClN5O2/c15-7-6-12(21)18-19-9-16-13-11(14(19)22)8-17-20(13)10-4-2-1-3-5-10/h1-5,8-9H,6-7H2,(H,18,21). The molecule has 1 amide bonds. The van der Waals surface area contributed by atoms with Gasteiger partial charge in [0.25, 0.3) is 5.56 Å². The van der Waals surface area contributed by atoms with Gasteiger partial charge in [0.1, 0.15) is 11.7 Å². The average molecular weight is 318 g/mol. The van der Waals surface area contributed by atoms with Crippen molar-refractivity contribution in [2.24, 2.45) is 0 Å². The van der Waals surface area contributed by atoms with Crippen molar-refractivity contribution >= 4 is 28.5 Å². The van der Waals surface area contributed by atoms with Gasteiger partial charge in [-0.25, -0.2) is 14.3 Å². The van der Waals surface area contributed by atoms with Crippen LogP contribution >= 0.6 is 11.6 Å². The predicted molar refractivity (Wildman–Crippen MR) is 82.8 cm³/mol. The normalized spacial score (nSPS) is 10.8. The minimum absolute atomic E-state index is 0.120. The molecule has 3 aromatic rings. The molecule has 1 aromatic carbocycles. The summed E-state index contributed by atoms with van der Waals surface area (Å²) < 4.78 is 2.61. The Morgan fingerprint density at radius 3 is 2.77 bits per heavy atom. The van der Waals surface area contributed by atoms with Crippen LogP contribution in [0, 0.1) is 0 Å². The number of amides is 1. The highest BCUT2D eigenvalue weighted by Crippen LogP contribution is 2.12. The number of carbonyl (C=O) groups is 1. The number of fused-ring (bicyclic) bond motifs is 1. The van der Waals surface area contributed by atoms with Crippen molar-refractivity contribution in [1.82, 2.24) is 19.4 Å². The number of para-hydroxylation sites is 1. The molecule has 0 saturated heterocycles. The number of aromatic nitrogens is 4. The predicted octanol–water partition coefficient (Wildman–Crippen LogP) is 1.28. The summed E-state index contributed by atoms with van der Waals surface area (Å²) in [6.07, 6.45) is 2.81. The van der Waals surface area contributed by atoms with E-state index < -0.39 is 5.56 Å². The van der Waals surface area contributed by atoms with Gasteiger partial charge in [-0.1, -0.05) is 18.2 Å². The lowest BCUT2D eigenvalue weighted by atomic mass is 10.3. The third-order valence-corrected chi connectivity index (χ3v) is 3.24. The number of hydrogen-bond acceptors (Lipinski definition) is 4. The number of benzene rings is 1. The van der Waals surface area contributed by atoms with Gasteiger partial charge >= 0.3 is 0 Å². The zero-order valence-corrected chi connectivity index (χ0v) is 12.2. The van der Waals surface area contributed by atoms with Crippen LogP contribution in [-0.4, -0.2) is 31.2 Å². The van der Waals surface area contributed by atoms with Crippen molar-refractivity contribution in [2.45, 2.75) is 6.42 Å². The van der Waals surface area contributed by atoms with Gasteiger partial charge in [0.15, 0.2) is 5.65 Å². The van der Waals surface area contributed by atoms with E-state index in [1.54, 1.807) is 4.68 Å². The van der Waals surface area contributed by atoms with E-state index in [4.69, 9.17) is 11.6 Å². The fourth-order valence-corrected chi connectivity index (χ4v) is 2.20. The van der Waals surface area contributed by atoms with E-state index in [0.29, 0.717) is 11.0 Å². The molecule has 7 nitrogen and oxygen atoms in total. The molecule has 3 rings (SSSR count). The number of hydrogen-bond donors (Lipinski definition) is 1. The molecule has 8 heteroatoms. The maximum absolute atomic E-state index is 12.3. The van der Waals surface area contributed by atoms with Gasteiger partial charge in [0, 0.05) is 12.3 Å². The largest absolute Gasteiger partial charge is 0.283 e. The average Bonchev–Trinajstić information content (AvgIpc) is 2.96. The first-order chi connectivity index (χ1) is 10.7. The van der Waals surface area contributed by atoms with Crippen LogP contribution in [0.3, 0.4) is 0 Å². The molecular weight excluding hydrogens is 306 g/mol. The lowest BCUT2D eigenvalue weighted by molar-refractivity contribution is -0.116. The molecule has 2 heterocycles. The molecule has 0 aliphatic rings. The number of nitrogens with one attached hydrogen (secondary N) is 1. The molecule has 0 atom stereocenters. The minimum Gasteiger partial charge on any atom is -0.273 e. The summed E-state index contributed by atoms with van der Waals surface area (Å²) in [5.41, 5.74) is 3.27. The molecule has 0 bridgehead atoms. The van der Waals surface area contributed by atoms with Gasteiger partial charge in [-0.3, -0.25) is 15.0 Å². The topological polar surface area (TPSA) is 81.8 Å². The molecule has 0 aliphatic heterocycles. The summed E-state index contributed by atoms with van der Waals surface area (Å²) >= 11 is 5.49. The van der Waals surface area contributed by atoms with Crippen molar-refractivity contribution in [1.29, 1.82) is 0 Å². The summed E-state index contributed by atoms with van der Waals surface area (Å²) in [6.45, 7) is 0. The van der Waals surface area contributed by atoms with Crippen LogP contribution in [0.2, 0.25) is 0 Å². The highest BCUT2D eigenvalue weighted by Gasteiger charge is 2.12. The van der Waals surface area contributed by atoms with Crippen LogP contribution in [0.25, 0.3) is 16.7 Å². The van der Waals surface area contributed by atoms with Gasteiger partial charge in [-0.05, 0) is 12.1 Å². The SMILES string of the molecule is O=C(CCCl)Nn1cnc2c(cnn2-c2ccccc2)c1=O. The van der Waals surface area contributed by atoms with E-state index in [-0.39, 0.29) is 18.2 Å². The number of nitrogens with zero attached hydrogens (tertiary/aromatic N) is 4. The van der Waals surface area contributed by atoms with Gasteiger partial charge in [-0.2, -0.15) is 5.10 Å². The highest BCUT2D eigenvalue weighted by molar-refractivity contribution is 6.19. The maximum Gasteiger partial charge on any atom is 0.283 e. The van der Waals surface area contributed by atoms with Crippen LogP contribution in [-0.2, 0) is 4.79 Å². The molecule has 0 radical (unpaired) electrons. The van der Waals surface area contributed by atoms with Crippen molar-refractivity contribution in [3.05, 3.63) is 53.2 Å². The summed E-state index contributed by atoms with van der Waals surface area (Å²) in [6, 6.07) is 9.36. The second-order valence-corrected chi connectivity index (χ2v) is 4.90. The van der Waals surface area contributed by atoms with Crippen molar-refractivity contribution in [3.63, 3.8) is 0 Å². The van der Waals surface area contributed by atoms with Gasteiger partial charge in [0.2, 0.25) is 5.91 Å². The first-order valence-corrected chi connectivity index (χ1v) is 7.11. The lowest BCUT2D eigenvalue weighted by Gasteiger charge is -2.07. The molecule has 0 spiro atoms. The van der Waals surface area contributed by atoms with Crippen LogP contribution in [0.4, 0.5) is 0 Å². The Hall–Kier alpha value is -2.67. The van der Waals surface area contributed by atoms with E-state index in [9.17, 15) is 9.59 Å². The number of alkyl halides is 1. The fraction of sp³-hybridized carbons (Fsp3) is 0.143. The molecule has 2 aromatic heterocycles. The smallest absolute Gasteiger partial charge is 0.273 e. The van der Waals surface area contributed by atoms with Crippen molar-refractivity contribution < 1.29 is 4.79 Å². The second kappa shape index (κ2) is 5.98. The quantitative estimate of drug-likeness (QED) is 0.735. The summed E-state index contributed by atoms with van der Waals surface area (Å²) in [5, 5.41) is 4.51. The van der Waals surface area contributed by atoms with Crippen molar-refractivity contribution in [3.8, 4) is 5.69 Å². The Bertz CT molecular complexity index is 872. The van der Waals surface area contributed by atoms with E-state index >= 15 is 0 Å². The maximum atomic E-state index is 12.3. The van der Waals surface area contributed by atoms with Gasteiger partial charge < -0.3 is 0 Å². The molecule has 22 heavy (non-hydrogen) atoms. The molecule has 0 saturated carbocycles. The van der Waals surface area contributed by atoms with E-state index in [1.807, 2.05) is 30.3 Å². The molecule has 0 aliphatic carbocycles. The van der Waals surface area contributed by atoms with E-state index in [0.717, 1.165) is 10.4 Å². The van der Waals surface area contributed by atoms with E-state index in [1.165, 1.54) is 12.5 Å². The highest BCUT2D eigenvalue weighted by atomic mass is 35.5. The summed E-state index contributed by atoms with van der Waals surface area (Å²) in [4.78, 5) is 28.1. The van der Waals surface area contributed by atoms with Crippen LogP contribution < -0.4 is 11.0 Å². The summed E-state index contributed by atoms with van der Waals surface area (Å²) in [7, 11) is 0. The minimum atomic E-state index is -0.393. The third-order valence-electron chi connectivity index (χ3n) is 3.06. The zero-order chi connectivity index (χ0) is 15.5. The van der Waals surface area contributed by atoms with Crippen molar-refractivity contribution in [2.75, 3.05) is 11.3 Å². The number of rotatable bonds is 4. The molecular formula is C14H12ClN5O2. The number of halogens is 1. The number of carbonyl (C=O) groups excluding carboxylic acids is 1. The zero-order valence-electron chi connectivity index (χ0n) is 11.4. The monoisotopic (exact) mass is 317 g/mol. The first-order valence-electron chi connectivity index (χ1n) is 6.57. The summed E-state index contributed by atoms with van der Waals surface area (Å²) in [5.74, 6) is -0.170. The molecule has 1 N–H and O–H groups in total. The Morgan fingerprint density at radius 2 is 2.05 bits per heavy atom. The molecule has 0 unspecified atom stereocenters. The van der Waals surface area contributed by atoms with Gasteiger partial charge in [0.05, 0.1) is 11.9 Å². The Kier molecular flexibility index (Phi) is 3.88. The van der Waals surface area contributed by atoms with Crippen LogP contribution in [0.15, 0.2) is 47.7 Å². The molecule has 112 valence electrons. The Balaban J connectivity index is 2.04. The Labute approximate surface area is 130 Å². The molecule has 0 fully saturated rings.